The molecule has 0 N–H and O–H groups in total. The van der Waals surface area contributed by atoms with Gasteiger partial charge in [-0.25, -0.2) is 0 Å². The van der Waals surface area contributed by atoms with Gasteiger partial charge in [0.15, 0.2) is 6.29 Å². The van der Waals surface area contributed by atoms with Crippen LogP contribution >= 0.6 is 0 Å². The van der Waals surface area contributed by atoms with Crippen molar-refractivity contribution in [3.63, 3.8) is 0 Å². The van der Waals surface area contributed by atoms with Crippen molar-refractivity contribution in [2.24, 2.45) is 0 Å². The molecule has 0 saturated carbocycles. The number of rotatable bonds is 2. The molecule has 0 aromatic heterocycles. The molecular weight excluding hydrogens is 176 g/mol. The Bertz CT molecular complexity index is 316. The lowest BCUT2D eigenvalue weighted by atomic mass is 10.1. The topological polar surface area (TPSA) is 18.5 Å². The van der Waals surface area contributed by atoms with E-state index in [-0.39, 0.29) is 12.4 Å². The van der Waals surface area contributed by atoms with Crippen LogP contribution in [0.1, 0.15) is 17.4 Å². The van der Waals surface area contributed by atoms with Crippen molar-refractivity contribution in [2.75, 3.05) is 6.61 Å². The molecule has 1 aromatic carbocycles. The second-order valence-corrected chi connectivity index (χ2v) is 3.49. The summed E-state index contributed by atoms with van der Waals surface area (Å²) in [4.78, 5) is 0. The van der Waals surface area contributed by atoms with Crippen LogP contribution in [0.25, 0.3) is 0 Å². The van der Waals surface area contributed by atoms with E-state index in [2.05, 4.69) is 25.6 Å². The van der Waals surface area contributed by atoms with E-state index in [4.69, 9.17) is 9.47 Å². The molecule has 2 heteroatoms. The fourth-order valence-electron chi connectivity index (χ4n) is 1.44. The third-order valence-corrected chi connectivity index (χ3v) is 2.32. The van der Waals surface area contributed by atoms with Gasteiger partial charge in [0.2, 0.25) is 0 Å². The number of ether oxygens (including phenoxy) is 2. The maximum Gasteiger partial charge on any atom is 0.184 e. The molecule has 14 heavy (non-hydrogen) atoms. The maximum atomic E-state index is 5.60. The van der Waals surface area contributed by atoms with Crippen LogP contribution < -0.4 is 0 Å². The zero-order chi connectivity index (χ0) is 9.97. The minimum Gasteiger partial charge on any atom is -0.345 e. The molecule has 74 valence electrons. The minimum atomic E-state index is -0.224. The highest BCUT2D eigenvalue weighted by atomic mass is 16.7. The van der Waals surface area contributed by atoms with E-state index in [0.29, 0.717) is 6.61 Å². The fourth-order valence-corrected chi connectivity index (χ4v) is 1.44. The largest absolute Gasteiger partial charge is 0.345 e. The first-order chi connectivity index (χ1) is 6.79. The number of aryl methyl sites for hydroxylation is 1. The lowest BCUT2D eigenvalue weighted by Gasteiger charge is -2.09. The van der Waals surface area contributed by atoms with Crippen LogP contribution in [0.2, 0.25) is 0 Å². The Morgan fingerprint density at radius 3 is 2.64 bits per heavy atom. The summed E-state index contributed by atoms with van der Waals surface area (Å²) in [6, 6.07) is 8.18. The van der Waals surface area contributed by atoms with Crippen molar-refractivity contribution in [1.29, 1.82) is 0 Å². The first-order valence-corrected chi connectivity index (χ1v) is 4.76. The average molecular weight is 190 g/mol. The summed E-state index contributed by atoms with van der Waals surface area (Å²) in [5.74, 6) is 0. The Labute approximate surface area is 84.2 Å². The highest BCUT2D eigenvalue weighted by Gasteiger charge is 2.24. The van der Waals surface area contributed by atoms with Crippen LogP contribution in [0.15, 0.2) is 36.9 Å². The van der Waals surface area contributed by atoms with E-state index in [0.717, 1.165) is 5.56 Å². The van der Waals surface area contributed by atoms with Crippen molar-refractivity contribution in [1.82, 2.24) is 0 Å². The summed E-state index contributed by atoms with van der Waals surface area (Å²) in [6.07, 6.45) is 1.58. The first kappa shape index (κ1) is 9.44. The summed E-state index contributed by atoms with van der Waals surface area (Å²) < 4.78 is 11.1. The van der Waals surface area contributed by atoms with Crippen molar-refractivity contribution in [2.45, 2.75) is 19.3 Å². The van der Waals surface area contributed by atoms with Gasteiger partial charge in [0.05, 0.1) is 6.61 Å². The quantitative estimate of drug-likeness (QED) is 0.667. The molecule has 0 aliphatic carbocycles. The molecule has 2 rings (SSSR count). The van der Waals surface area contributed by atoms with Gasteiger partial charge < -0.3 is 9.47 Å². The van der Waals surface area contributed by atoms with Crippen molar-refractivity contribution in [3.8, 4) is 0 Å². The second-order valence-electron chi connectivity index (χ2n) is 3.49. The molecule has 1 heterocycles. The number of hydrogen-bond donors (Lipinski definition) is 0. The van der Waals surface area contributed by atoms with Gasteiger partial charge >= 0.3 is 0 Å². The third-order valence-electron chi connectivity index (χ3n) is 2.32. The van der Waals surface area contributed by atoms with E-state index < -0.39 is 0 Å². The Morgan fingerprint density at radius 1 is 1.36 bits per heavy atom. The molecule has 2 unspecified atom stereocenters. The van der Waals surface area contributed by atoms with Crippen LogP contribution in [0, 0.1) is 6.92 Å². The van der Waals surface area contributed by atoms with Crippen LogP contribution in [0.3, 0.4) is 0 Å². The molecule has 1 aliphatic heterocycles. The highest BCUT2D eigenvalue weighted by molar-refractivity contribution is 5.22. The summed E-state index contributed by atoms with van der Waals surface area (Å²) in [7, 11) is 0. The van der Waals surface area contributed by atoms with Crippen LogP contribution in [-0.4, -0.2) is 12.7 Å². The Morgan fingerprint density at radius 2 is 2.07 bits per heavy atom. The molecule has 1 fully saturated rings. The van der Waals surface area contributed by atoms with E-state index in [1.807, 2.05) is 12.1 Å². The lowest BCUT2D eigenvalue weighted by Crippen LogP contribution is -2.04. The molecule has 2 nitrogen and oxygen atoms in total. The molecule has 0 bridgehead atoms. The summed E-state index contributed by atoms with van der Waals surface area (Å²) in [5, 5.41) is 0. The maximum absolute atomic E-state index is 5.60. The van der Waals surface area contributed by atoms with Crippen molar-refractivity contribution in [3.05, 3.63) is 48.0 Å². The molecular formula is C12H14O2. The third kappa shape index (κ3) is 1.86. The number of benzene rings is 1. The van der Waals surface area contributed by atoms with Crippen LogP contribution in [0.4, 0.5) is 0 Å². The van der Waals surface area contributed by atoms with Gasteiger partial charge in [0.1, 0.15) is 6.10 Å². The van der Waals surface area contributed by atoms with Gasteiger partial charge in [0.25, 0.3) is 0 Å². The van der Waals surface area contributed by atoms with Gasteiger partial charge in [-0.15, -0.1) is 6.58 Å². The molecule has 1 aliphatic rings. The summed E-state index contributed by atoms with van der Waals surface area (Å²) >= 11 is 0. The van der Waals surface area contributed by atoms with Gasteiger partial charge in [-0.3, -0.25) is 0 Å². The average Bonchev–Trinajstić information content (AvgIpc) is 2.67. The number of hydrogen-bond acceptors (Lipinski definition) is 2. The lowest BCUT2D eigenvalue weighted by molar-refractivity contribution is -0.0532. The summed E-state index contributed by atoms with van der Waals surface area (Å²) in [5.41, 5.74) is 2.31. The van der Waals surface area contributed by atoms with Gasteiger partial charge in [-0.2, -0.15) is 0 Å². The second kappa shape index (κ2) is 3.95. The first-order valence-electron chi connectivity index (χ1n) is 4.76. The van der Waals surface area contributed by atoms with Crippen LogP contribution in [0.5, 0.6) is 0 Å². The zero-order valence-electron chi connectivity index (χ0n) is 8.27. The predicted molar refractivity (Wildman–Crippen MR) is 54.9 cm³/mol. The fraction of sp³-hybridized carbons (Fsp3) is 0.333. The van der Waals surface area contributed by atoms with Crippen molar-refractivity contribution < 1.29 is 9.47 Å². The Hall–Kier alpha value is -1.12. The minimum absolute atomic E-state index is 0.0290. The van der Waals surface area contributed by atoms with Gasteiger partial charge in [0, 0.05) is 5.56 Å². The standard InChI is InChI=1S/C12H14O2/c1-3-11-8-13-12(14-11)10-6-4-9(2)5-7-10/h3-7,11-12H,1,8H2,2H3. The Kier molecular flexibility index (Phi) is 2.66. The van der Waals surface area contributed by atoms with E-state index in [9.17, 15) is 0 Å². The zero-order valence-corrected chi connectivity index (χ0v) is 8.27. The smallest absolute Gasteiger partial charge is 0.184 e. The highest BCUT2D eigenvalue weighted by Crippen LogP contribution is 2.27. The van der Waals surface area contributed by atoms with Crippen LogP contribution in [-0.2, 0) is 9.47 Å². The van der Waals surface area contributed by atoms with Gasteiger partial charge in [-0.1, -0.05) is 35.9 Å². The molecule has 0 radical (unpaired) electrons. The van der Waals surface area contributed by atoms with Crippen molar-refractivity contribution >= 4 is 0 Å². The van der Waals surface area contributed by atoms with E-state index in [1.165, 1.54) is 5.56 Å². The summed E-state index contributed by atoms with van der Waals surface area (Å²) in [6.45, 7) is 6.34. The predicted octanol–water partition coefficient (Wildman–Crippen LogP) is 2.60. The molecule has 0 spiro atoms. The molecule has 1 saturated heterocycles. The molecule has 0 amide bonds. The normalized spacial score (nSPS) is 26.4. The molecule has 2 atom stereocenters. The molecule has 1 aromatic rings. The Balaban J connectivity index is 2.09. The monoisotopic (exact) mass is 190 g/mol. The van der Waals surface area contributed by atoms with Gasteiger partial charge in [-0.05, 0) is 6.92 Å². The van der Waals surface area contributed by atoms with E-state index >= 15 is 0 Å². The SMILES string of the molecule is C=CC1COC(c2ccc(C)cc2)O1. The van der Waals surface area contributed by atoms with E-state index in [1.54, 1.807) is 6.08 Å².